The molecule has 2 aromatic heterocycles. The molecule has 6 heteroatoms. The van der Waals surface area contributed by atoms with Gasteiger partial charge in [-0.25, -0.2) is 5.01 Å². The fourth-order valence-corrected chi connectivity index (χ4v) is 3.47. The van der Waals surface area contributed by atoms with Crippen molar-refractivity contribution in [3.8, 4) is 5.75 Å². The number of benzene rings is 1. The Kier molecular flexibility index (Phi) is 3.66. The molecule has 24 heavy (non-hydrogen) atoms. The maximum atomic E-state index is 12.8. The van der Waals surface area contributed by atoms with E-state index < -0.39 is 0 Å². The maximum absolute atomic E-state index is 12.8. The number of nitrogens with zero attached hydrogens (tertiary/aromatic N) is 2. The molecular formula is C18H14N2O3S. The minimum Gasteiger partial charge on any atom is -0.508 e. The number of furan rings is 1. The number of thiophene rings is 1. The Morgan fingerprint density at radius 1 is 1.29 bits per heavy atom. The summed E-state index contributed by atoms with van der Waals surface area (Å²) in [4.78, 5) is 12.8. The number of rotatable bonds is 3. The van der Waals surface area contributed by atoms with E-state index in [4.69, 9.17) is 4.42 Å². The number of hydrazone groups is 1. The molecule has 5 nitrogen and oxygen atoms in total. The molecule has 0 spiro atoms. The molecule has 3 heterocycles. The lowest BCUT2D eigenvalue weighted by molar-refractivity contribution is 0.0678. The van der Waals surface area contributed by atoms with Crippen molar-refractivity contribution in [1.82, 2.24) is 5.01 Å². The monoisotopic (exact) mass is 338 g/mol. The summed E-state index contributed by atoms with van der Waals surface area (Å²) in [5.41, 5.74) is 2.70. The lowest BCUT2D eigenvalue weighted by Gasteiger charge is -2.21. The highest BCUT2D eigenvalue weighted by molar-refractivity contribution is 7.08. The standard InChI is InChI=1S/C18H14N2O3S/c21-14-4-1-3-12(9-14)16-10-15(13-6-8-24-11-13)19-20(16)18(22)17-5-2-7-23-17/h1-9,11,16,21H,10H2/t16-/m0/s1. The Morgan fingerprint density at radius 3 is 2.92 bits per heavy atom. The number of aromatic hydroxyl groups is 1. The summed E-state index contributed by atoms with van der Waals surface area (Å²) in [5.74, 6) is 0.121. The van der Waals surface area contributed by atoms with Gasteiger partial charge in [-0.2, -0.15) is 16.4 Å². The van der Waals surface area contributed by atoms with Gasteiger partial charge < -0.3 is 9.52 Å². The van der Waals surface area contributed by atoms with Gasteiger partial charge in [0, 0.05) is 12.0 Å². The fraction of sp³-hybridized carbons (Fsp3) is 0.111. The molecule has 0 saturated heterocycles. The highest BCUT2D eigenvalue weighted by Gasteiger charge is 2.34. The Morgan fingerprint density at radius 2 is 2.21 bits per heavy atom. The van der Waals surface area contributed by atoms with Crippen molar-refractivity contribution in [3.05, 3.63) is 76.4 Å². The summed E-state index contributed by atoms with van der Waals surface area (Å²) in [6.45, 7) is 0. The van der Waals surface area contributed by atoms with Crippen molar-refractivity contribution >= 4 is 23.0 Å². The van der Waals surface area contributed by atoms with Crippen molar-refractivity contribution in [2.75, 3.05) is 0 Å². The maximum Gasteiger partial charge on any atom is 0.310 e. The SMILES string of the molecule is O=C(c1ccco1)N1N=C(c2ccsc2)C[C@H]1c1cccc(O)c1. The molecule has 120 valence electrons. The number of phenolic OH excluding ortho intramolecular Hbond substituents is 1. The van der Waals surface area contributed by atoms with E-state index in [0.717, 1.165) is 16.8 Å². The molecular weight excluding hydrogens is 324 g/mol. The first-order chi connectivity index (χ1) is 11.7. The summed E-state index contributed by atoms with van der Waals surface area (Å²) in [6.07, 6.45) is 2.06. The van der Waals surface area contributed by atoms with Crippen LogP contribution in [-0.4, -0.2) is 21.7 Å². The molecule has 0 fully saturated rings. The van der Waals surface area contributed by atoms with Gasteiger partial charge >= 0.3 is 5.91 Å². The molecule has 0 unspecified atom stereocenters. The van der Waals surface area contributed by atoms with E-state index in [9.17, 15) is 9.90 Å². The Hall–Kier alpha value is -2.86. The highest BCUT2D eigenvalue weighted by Crippen LogP contribution is 2.35. The molecule has 3 aromatic rings. The van der Waals surface area contributed by atoms with E-state index in [2.05, 4.69) is 5.10 Å². The summed E-state index contributed by atoms with van der Waals surface area (Å²) in [7, 11) is 0. The molecule has 1 atom stereocenters. The molecule has 4 rings (SSSR count). The van der Waals surface area contributed by atoms with Crippen LogP contribution >= 0.6 is 11.3 Å². The first kappa shape index (κ1) is 14.7. The molecule has 1 aromatic carbocycles. The first-order valence-electron chi connectivity index (χ1n) is 7.48. The number of carbonyl (C=O) groups is 1. The van der Waals surface area contributed by atoms with Gasteiger partial charge in [0.25, 0.3) is 0 Å². The molecule has 0 aliphatic carbocycles. The lowest BCUT2D eigenvalue weighted by atomic mass is 9.99. The third kappa shape index (κ3) is 2.61. The van der Waals surface area contributed by atoms with Gasteiger partial charge in [0.2, 0.25) is 0 Å². The summed E-state index contributed by atoms with van der Waals surface area (Å²) < 4.78 is 5.23. The zero-order chi connectivity index (χ0) is 16.5. The number of hydrogen-bond donors (Lipinski definition) is 1. The molecule has 0 bridgehead atoms. The number of amides is 1. The van der Waals surface area contributed by atoms with E-state index in [1.54, 1.807) is 41.7 Å². The minimum absolute atomic E-state index is 0.168. The third-order valence-corrected chi connectivity index (χ3v) is 4.64. The quantitative estimate of drug-likeness (QED) is 0.784. The molecule has 1 N–H and O–H groups in total. The molecule has 0 saturated carbocycles. The van der Waals surface area contributed by atoms with E-state index >= 15 is 0 Å². The fourth-order valence-electron chi connectivity index (χ4n) is 2.81. The van der Waals surface area contributed by atoms with Crippen LogP contribution in [0.5, 0.6) is 5.75 Å². The van der Waals surface area contributed by atoms with Crippen molar-refractivity contribution in [2.24, 2.45) is 5.10 Å². The van der Waals surface area contributed by atoms with Crippen molar-refractivity contribution < 1.29 is 14.3 Å². The second-order valence-electron chi connectivity index (χ2n) is 5.50. The topological polar surface area (TPSA) is 66.0 Å². The third-order valence-electron chi connectivity index (χ3n) is 3.96. The van der Waals surface area contributed by atoms with Gasteiger partial charge in [0.05, 0.1) is 18.0 Å². The smallest absolute Gasteiger partial charge is 0.310 e. The van der Waals surface area contributed by atoms with E-state index in [1.165, 1.54) is 11.3 Å². The van der Waals surface area contributed by atoms with Crippen LogP contribution in [0.4, 0.5) is 0 Å². The van der Waals surface area contributed by atoms with Crippen molar-refractivity contribution in [2.45, 2.75) is 12.5 Å². The van der Waals surface area contributed by atoms with E-state index in [-0.39, 0.29) is 23.5 Å². The van der Waals surface area contributed by atoms with Gasteiger partial charge in [0.1, 0.15) is 5.75 Å². The van der Waals surface area contributed by atoms with Crippen molar-refractivity contribution in [1.29, 1.82) is 0 Å². The van der Waals surface area contributed by atoms with Crippen LogP contribution in [0.15, 0.2) is 69.0 Å². The van der Waals surface area contributed by atoms with Gasteiger partial charge in [-0.05, 0) is 46.7 Å². The lowest BCUT2D eigenvalue weighted by Crippen LogP contribution is -2.26. The van der Waals surface area contributed by atoms with Crippen LogP contribution in [-0.2, 0) is 0 Å². The zero-order valence-corrected chi connectivity index (χ0v) is 13.4. The van der Waals surface area contributed by atoms with Crippen LogP contribution < -0.4 is 0 Å². The van der Waals surface area contributed by atoms with Crippen LogP contribution in [0.3, 0.4) is 0 Å². The number of phenols is 1. The Balaban J connectivity index is 1.73. The van der Waals surface area contributed by atoms with Gasteiger partial charge in [0.15, 0.2) is 5.76 Å². The van der Waals surface area contributed by atoms with Gasteiger partial charge in [-0.3, -0.25) is 4.79 Å². The van der Waals surface area contributed by atoms with Gasteiger partial charge in [-0.1, -0.05) is 12.1 Å². The highest BCUT2D eigenvalue weighted by atomic mass is 32.1. The first-order valence-corrected chi connectivity index (χ1v) is 8.43. The van der Waals surface area contributed by atoms with Crippen LogP contribution in [0.1, 0.15) is 34.1 Å². The summed E-state index contributed by atoms with van der Waals surface area (Å²) in [5, 5.41) is 19.8. The number of carbonyl (C=O) groups excluding carboxylic acids is 1. The van der Waals surface area contributed by atoms with Crippen molar-refractivity contribution in [3.63, 3.8) is 0 Å². The largest absolute Gasteiger partial charge is 0.508 e. The predicted molar refractivity (Wildman–Crippen MR) is 91.2 cm³/mol. The molecule has 1 aliphatic heterocycles. The average Bonchev–Trinajstić information content (AvgIpc) is 3.34. The van der Waals surface area contributed by atoms with E-state index in [1.807, 2.05) is 22.9 Å². The van der Waals surface area contributed by atoms with E-state index in [0.29, 0.717) is 6.42 Å². The minimum atomic E-state index is -0.293. The summed E-state index contributed by atoms with van der Waals surface area (Å²) >= 11 is 1.59. The van der Waals surface area contributed by atoms with Gasteiger partial charge in [-0.15, -0.1) is 0 Å². The Labute approximate surface area is 142 Å². The average molecular weight is 338 g/mol. The second-order valence-corrected chi connectivity index (χ2v) is 6.28. The second kappa shape index (κ2) is 5.98. The zero-order valence-electron chi connectivity index (χ0n) is 12.6. The molecule has 0 radical (unpaired) electrons. The van der Waals surface area contributed by atoms with Crippen LogP contribution in [0, 0.1) is 0 Å². The molecule has 1 amide bonds. The number of hydrogen-bond acceptors (Lipinski definition) is 5. The normalized spacial score (nSPS) is 17.1. The Bertz CT molecular complexity index is 885. The molecule has 1 aliphatic rings. The summed E-state index contributed by atoms with van der Waals surface area (Å²) in [6, 6.07) is 11.9. The predicted octanol–water partition coefficient (Wildman–Crippen LogP) is 4.04. The van der Waals surface area contributed by atoms with Crippen LogP contribution in [0.2, 0.25) is 0 Å². The van der Waals surface area contributed by atoms with Crippen LogP contribution in [0.25, 0.3) is 0 Å².